The molecule has 2 unspecified atom stereocenters. The van der Waals surface area contributed by atoms with Crippen molar-refractivity contribution in [3.8, 4) is 0 Å². The minimum Gasteiger partial charge on any atom is -0.393 e. The third-order valence-electron chi connectivity index (χ3n) is 7.16. The van der Waals surface area contributed by atoms with Gasteiger partial charge in [0.1, 0.15) is 0 Å². The highest BCUT2D eigenvalue weighted by Gasteiger charge is 2.52. The Morgan fingerprint density at radius 3 is 2.48 bits per heavy atom. The molecule has 4 rings (SSSR count). The lowest BCUT2D eigenvalue weighted by molar-refractivity contribution is -0.965. The summed E-state index contributed by atoms with van der Waals surface area (Å²) in [4.78, 5) is 29.0. The van der Waals surface area contributed by atoms with E-state index >= 15 is 0 Å². The van der Waals surface area contributed by atoms with Crippen LogP contribution in [0, 0.1) is 0 Å². The third kappa shape index (κ3) is 2.69. The second-order valence-corrected chi connectivity index (χ2v) is 8.32. The van der Waals surface area contributed by atoms with Crippen molar-refractivity contribution < 1.29 is 9.59 Å². The molecule has 2 saturated heterocycles. The Hall–Kier alpha value is -1.93. The number of piperidine rings is 1. The molecule has 0 saturated carbocycles. The summed E-state index contributed by atoms with van der Waals surface area (Å²) in [6, 6.07) is 1.13. The Morgan fingerprint density at radius 1 is 1.19 bits per heavy atom. The van der Waals surface area contributed by atoms with E-state index in [1.54, 1.807) is 13.4 Å². The van der Waals surface area contributed by atoms with Crippen molar-refractivity contribution in [2.45, 2.75) is 63.8 Å². The number of aliphatic hydroxyl groups is 1. The van der Waals surface area contributed by atoms with Crippen LogP contribution in [0.1, 0.15) is 39.0 Å². The number of hydrogen-bond donors (Lipinski definition) is 1. The minimum absolute atomic E-state index is 0.137. The second kappa shape index (κ2) is 6.60. The van der Waals surface area contributed by atoms with E-state index in [0.717, 1.165) is 41.4 Å². The number of rotatable bonds is 5. The Balaban J connectivity index is 1.56. The van der Waals surface area contributed by atoms with Crippen molar-refractivity contribution in [3.05, 3.63) is 27.2 Å². The number of fused-ring (bicyclic) bond motifs is 3. The van der Waals surface area contributed by atoms with Crippen LogP contribution in [0.15, 0.2) is 15.9 Å². The predicted octanol–water partition coefficient (Wildman–Crippen LogP) is 0.346. The minimum atomic E-state index is -0.350. The zero-order chi connectivity index (χ0) is 19.3. The van der Waals surface area contributed by atoms with Crippen LogP contribution in [0.25, 0.3) is 11.2 Å². The summed E-state index contributed by atoms with van der Waals surface area (Å²) in [5.74, 6) is 0. The van der Waals surface area contributed by atoms with Gasteiger partial charge >= 0.3 is 5.69 Å². The van der Waals surface area contributed by atoms with E-state index in [9.17, 15) is 14.7 Å². The Bertz CT molecular complexity index is 958. The van der Waals surface area contributed by atoms with Crippen LogP contribution in [0.2, 0.25) is 0 Å². The maximum absolute atomic E-state index is 12.6. The summed E-state index contributed by atoms with van der Waals surface area (Å²) in [6.07, 6.45) is 6.76. The van der Waals surface area contributed by atoms with Gasteiger partial charge in [-0.25, -0.2) is 9.78 Å². The molecule has 0 amide bonds. The van der Waals surface area contributed by atoms with Gasteiger partial charge in [0.05, 0.1) is 37.6 Å². The Labute approximate surface area is 158 Å². The van der Waals surface area contributed by atoms with Crippen molar-refractivity contribution in [1.82, 2.24) is 18.7 Å². The van der Waals surface area contributed by atoms with Crippen LogP contribution in [0.4, 0.5) is 0 Å². The number of aliphatic hydroxyl groups excluding tert-OH is 1. The van der Waals surface area contributed by atoms with Gasteiger partial charge < -0.3 is 14.2 Å². The highest BCUT2D eigenvalue weighted by molar-refractivity contribution is 5.69. The number of quaternary nitrogens is 1. The molecule has 2 atom stereocenters. The second-order valence-electron chi connectivity index (χ2n) is 8.32. The first kappa shape index (κ1) is 18.4. The first-order valence-corrected chi connectivity index (χ1v) is 10.0. The lowest BCUT2D eigenvalue weighted by Crippen LogP contribution is -2.61. The average molecular weight is 376 g/mol. The van der Waals surface area contributed by atoms with Crippen molar-refractivity contribution in [3.63, 3.8) is 0 Å². The van der Waals surface area contributed by atoms with Crippen LogP contribution < -0.4 is 11.2 Å². The van der Waals surface area contributed by atoms with E-state index in [1.165, 1.54) is 24.5 Å². The van der Waals surface area contributed by atoms with Gasteiger partial charge in [0.2, 0.25) is 0 Å². The zero-order valence-electron chi connectivity index (χ0n) is 16.5. The molecular formula is C19H30N5O3+. The summed E-state index contributed by atoms with van der Waals surface area (Å²) in [5.41, 5.74) is 0.311. The van der Waals surface area contributed by atoms with Crippen LogP contribution >= 0.6 is 0 Å². The molecule has 2 aromatic heterocycles. The first-order chi connectivity index (χ1) is 12.9. The largest absolute Gasteiger partial charge is 0.393 e. The van der Waals surface area contributed by atoms with Crippen LogP contribution in [-0.4, -0.2) is 59.6 Å². The average Bonchev–Trinajstić information content (AvgIpc) is 3.14. The highest BCUT2D eigenvalue weighted by atomic mass is 16.3. The number of nitrogens with zero attached hydrogens (tertiary/aromatic N) is 5. The molecule has 148 valence electrons. The van der Waals surface area contributed by atoms with Gasteiger partial charge in [-0.2, -0.15) is 0 Å². The summed E-state index contributed by atoms with van der Waals surface area (Å²) in [6.45, 7) is 5.14. The summed E-state index contributed by atoms with van der Waals surface area (Å²) < 4.78 is 5.58. The summed E-state index contributed by atoms with van der Waals surface area (Å²) in [5, 5.41) is 10.1. The quantitative estimate of drug-likeness (QED) is 0.764. The number of aromatic nitrogens is 4. The SMILES string of the molecule is CC[N+]1(CCCn2cnc3c2c(=O)n(C)c(=O)n3C)C2CCC1CC(O)C2. The molecule has 27 heavy (non-hydrogen) atoms. The topological polar surface area (TPSA) is 82.0 Å². The lowest BCUT2D eigenvalue weighted by atomic mass is 9.95. The van der Waals surface area contributed by atoms with E-state index in [0.29, 0.717) is 29.8 Å². The van der Waals surface area contributed by atoms with E-state index in [4.69, 9.17) is 0 Å². The molecular weight excluding hydrogens is 346 g/mol. The van der Waals surface area contributed by atoms with Crippen LogP contribution in [0.3, 0.4) is 0 Å². The number of aryl methyl sites for hydroxylation is 2. The Kier molecular flexibility index (Phi) is 4.50. The molecule has 2 aliphatic heterocycles. The normalized spacial score (nSPS) is 30.3. The molecule has 1 N–H and O–H groups in total. The van der Waals surface area contributed by atoms with E-state index < -0.39 is 0 Å². The standard InChI is InChI=1S/C19H30N5O3/c1-4-24(13-6-7-14(24)11-15(25)10-13)9-5-8-23-12-20-17-16(23)18(26)22(3)19(27)21(17)2/h12-15,25H,4-11H2,1-3H3/q+1. The van der Waals surface area contributed by atoms with Gasteiger partial charge in [0.15, 0.2) is 11.2 Å². The maximum Gasteiger partial charge on any atom is 0.332 e. The van der Waals surface area contributed by atoms with E-state index in [1.807, 2.05) is 4.57 Å². The van der Waals surface area contributed by atoms with Gasteiger partial charge in [-0.3, -0.25) is 13.9 Å². The molecule has 2 aliphatic rings. The fraction of sp³-hybridized carbons (Fsp3) is 0.737. The van der Waals surface area contributed by atoms with E-state index in [2.05, 4.69) is 11.9 Å². The molecule has 8 heteroatoms. The van der Waals surface area contributed by atoms with Crippen molar-refractivity contribution in [1.29, 1.82) is 0 Å². The number of hydrogen-bond acceptors (Lipinski definition) is 4. The maximum atomic E-state index is 12.6. The van der Waals surface area contributed by atoms with Gasteiger partial charge in [-0.1, -0.05) is 0 Å². The monoisotopic (exact) mass is 376 g/mol. The van der Waals surface area contributed by atoms with Crippen molar-refractivity contribution in [2.75, 3.05) is 13.1 Å². The van der Waals surface area contributed by atoms with Gasteiger partial charge in [-0.15, -0.1) is 0 Å². The summed E-state index contributed by atoms with van der Waals surface area (Å²) >= 11 is 0. The molecule has 4 heterocycles. The smallest absolute Gasteiger partial charge is 0.332 e. The lowest BCUT2D eigenvalue weighted by Gasteiger charge is -2.48. The van der Waals surface area contributed by atoms with Gasteiger partial charge in [0, 0.05) is 52.7 Å². The van der Waals surface area contributed by atoms with Gasteiger partial charge in [-0.05, 0) is 6.92 Å². The molecule has 0 radical (unpaired) electrons. The van der Waals surface area contributed by atoms with Crippen LogP contribution in [0.5, 0.6) is 0 Å². The Morgan fingerprint density at radius 2 is 1.85 bits per heavy atom. The molecule has 8 nitrogen and oxygen atoms in total. The predicted molar refractivity (Wildman–Crippen MR) is 103 cm³/mol. The molecule has 0 aromatic carbocycles. The van der Waals surface area contributed by atoms with Crippen molar-refractivity contribution >= 4 is 11.2 Å². The fourth-order valence-corrected chi connectivity index (χ4v) is 5.72. The molecule has 0 aliphatic carbocycles. The molecule has 2 aromatic rings. The van der Waals surface area contributed by atoms with Crippen molar-refractivity contribution in [2.24, 2.45) is 14.1 Å². The zero-order valence-corrected chi connectivity index (χ0v) is 16.5. The van der Waals surface area contributed by atoms with E-state index in [-0.39, 0.29) is 17.4 Å². The number of imidazole rings is 1. The first-order valence-electron chi connectivity index (χ1n) is 10.0. The van der Waals surface area contributed by atoms with Gasteiger partial charge in [0.25, 0.3) is 5.56 Å². The third-order valence-corrected chi connectivity index (χ3v) is 7.16. The highest BCUT2D eigenvalue weighted by Crippen LogP contribution is 2.42. The molecule has 2 bridgehead atoms. The van der Waals surface area contributed by atoms with Crippen LogP contribution in [-0.2, 0) is 20.6 Å². The fourth-order valence-electron chi connectivity index (χ4n) is 5.72. The molecule has 2 fully saturated rings. The molecule has 0 spiro atoms. The summed E-state index contributed by atoms with van der Waals surface area (Å²) in [7, 11) is 3.16.